The maximum atomic E-state index is 9.73. The molecule has 0 saturated heterocycles. The van der Waals surface area contributed by atoms with Gasteiger partial charge in [0.15, 0.2) is 0 Å². The molecule has 3 atom stereocenters. The number of nitrogens with one attached hydrogen (secondary N) is 1. The van der Waals surface area contributed by atoms with Gasteiger partial charge in [0.1, 0.15) is 18.5 Å². The number of hydrogen-bond acceptors (Lipinski definition) is 5. The zero-order valence-corrected chi connectivity index (χ0v) is 11.9. The van der Waals surface area contributed by atoms with Crippen LogP contribution in [0.4, 0.5) is 0 Å². The minimum absolute atomic E-state index is 0.344. The van der Waals surface area contributed by atoms with E-state index in [1.165, 1.54) is 0 Å². The SMILES string of the molecule is CC[C@@H](O)C(CO)O[C@H](CO)Oc1c[nH]c2ccccc12. The summed E-state index contributed by atoms with van der Waals surface area (Å²) in [5.74, 6) is 0.548. The molecular weight excluding hydrogens is 274 g/mol. The Morgan fingerprint density at radius 2 is 1.95 bits per heavy atom. The monoisotopic (exact) mass is 295 g/mol. The Bertz CT molecular complexity index is 556. The number of aliphatic hydroxyl groups excluding tert-OH is 3. The van der Waals surface area contributed by atoms with Gasteiger partial charge in [0.2, 0.25) is 6.29 Å². The largest absolute Gasteiger partial charge is 0.460 e. The summed E-state index contributed by atoms with van der Waals surface area (Å²) in [6, 6.07) is 7.59. The Morgan fingerprint density at radius 1 is 1.19 bits per heavy atom. The molecule has 0 fully saturated rings. The van der Waals surface area contributed by atoms with Gasteiger partial charge in [-0.3, -0.25) is 0 Å². The van der Waals surface area contributed by atoms with E-state index in [9.17, 15) is 15.3 Å². The molecule has 0 aliphatic heterocycles. The number of aromatic amines is 1. The van der Waals surface area contributed by atoms with Crippen molar-refractivity contribution in [2.24, 2.45) is 0 Å². The molecule has 0 amide bonds. The normalized spacial score (nSPS) is 15.8. The van der Waals surface area contributed by atoms with E-state index in [1.54, 1.807) is 13.1 Å². The van der Waals surface area contributed by atoms with E-state index in [0.717, 1.165) is 10.9 Å². The number of ether oxygens (including phenoxy) is 2. The van der Waals surface area contributed by atoms with Crippen LogP contribution in [-0.2, 0) is 4.74 Å². The number of benzene rings is 1. The fourth-order valence-electron chi connectivity index (χ4n) is 2.11. The molecule has 0 spiro atoms. The standard InChI is InChI=1S/C15H21NO5/c1-2-12(19)14(8-17)21-15(9-18)20-13-7-16-11-6-4-3-5-10(11)13/h3-7,12,14-19H,2,8-9H2,1H3/t12-,14?,15-/m1/s1. The first-order valence-electron chi connectivity index (χ1n) is 6.97. The smallest absolute Gasteiger partial charge is 0.223 e. The van der Waals surface area contributed by atoms with Gasteiger partial charge in [-0.1, -0.05) is 19.1 Å². The molecule has 0 bridgehead atoms. The van der Waals surface area contributed by atoms with Crippen LogP contribution in [-0.4, -0.2) is 52.0 Å². The number of rotatable bonds is 8. The Kier molecular flexibility index (Phi) is 5.58. The second-order valence-corrected chi connectivity index (χ2v) is 4.76. The van der Waals surface area contributed by atoms with E-state index >= 15 is 0 Å². The average Bonchev–Trinajstić information content (AvgIpc) is 2.93. The summed E-state index contributed by atoms with van der Waals surface area (Å²) in [6.45, 7) is 1.06. The quantitative estimate of drug-likeness (QED) is 0.545. The van der Waals surface area contributed by atoms with Crippen molar-refractivity contribution < 1.29 is 24.8 Å². The Morgan fingerprint density at radius 3 is 2.62 bits per heavy atom. The Balaban J connectivity index is 2.08. The number of para-hydroxylation sites is 1. The van der Waals surface area contributed by atoms with Crippen LogP contribution in [0.15, 0.2) is 30.5 Å². The first-order chi connectivity index (χ1) is 10.2. The fourth-order valence-corrected chi connectivity index (χ4v) is 2.11. The molecule has 21 heavy (non-hydrogen) atoms. The zero-order chi connectivity index (χ0) is 15.2. The predicted molar refractivity (Wildman–Crippen MR) is 78.1 cm³/mol. The number of aliphatic hydroxyl groups is 3. The van der Waals surface area contributed by atoms with E-state index in [1.807, 2.05) is 24.3 Å². The van der Waals surface area contributed by atoms with Crippen molar-refractivity contribution in [3.8, 4) is 5.75 Å². The second kappa shape index (κ2) is 7.42. The fraction of sp³-hybridized carbons (Fsp3) is 0.467. The van der Waals surface area contributed by atoms with E-state index in [0.29, 0.717) is 12.2 Å². The van der Waals surface area contributed by atoms with Crippen molar-refractivity contribution in [3.63, 3.8) is 0 Å². The average molecular weight is 295 g/mol. The molecule has 116 valence electrons. The number of fused-ring (bicyclic) bond motifs is 1. The Hall–Kier alpha value is -1.60. The lowest BCUT2D eigenvalue weighted by molar-refractivity contribution is -0.177. The highest BCUT2D eigenvalue weighted by molar-refractivity contribution is 5.85. The van der Waals surface area contributed by atoms with Crippen LogP contribution < -0.4 is 4.74 Å². The van der Waals surface area contributed by atoms with Crippen LogP contribution in [0.5, 0.6) is 5.75 Å². The molecular formula is C15H21NO5. The third-order valence-corrected chi connectivity index (χ3v) is 3.31. The summed E-state index contributed by atoms with van der Waals surface area (Å²) < 4.78 is 11.1. The summed E-state index contributed by atoms with van der Waals surface area (Å²) in [6.07, 6.45) is -0.437. The van der Waals surface area contributed by atoms with E-state index in [4.69, 9.17) is 9.47 Å². The highest BCUT2D eigenvalue weighted by Gasteiger charge is 2.23. The summed E-state index contributed by atoms with van der Waals surface area (Å²) in [5, 5.41) is 29.2. The van der Waals surface area contributed by atoms with E-state index in [2.05, 4.69) is 4.98 Å². The van der Waals surface area contributed by atoms with E-state index < -0.39 is 18.5 Å². The molecule has 1 aromatic carbocycles. The number of aromatic nitrogens is 1. The van der Waals surface area contributed by atoms with Gasteiger partial charge in [-0.15, -0.1) is 0 Å². The van der Waals surface area contributed by atoms with Gasteiger partial charge in [0, 0.05) is 17.1 Å². The molecule has 0 saturated carbocycles. The molecule has 2 rings (SSSR count). The van der Waals surface area contributed by atoms with Crippen molar-refractivity contribution in [1.29, 1.82) is 0 Å². The van der Waals surface area contributed by atoms with Gasteiger partial charge in [0.25, 0.3) is 0 Å². The van der Waals surface area contributed by atoms with Crippen molar-refractivity contribution in [1.82, 2.24) is 4.98 Å². The first kappa shape index (κ1) is 15.8. The molecule has 2 aromatic rings. The summed E-state index contributed by atoms with van der Waals surface area (Å²) in [7, 11) is 0. The van der Waals surface area contributed by atoms with Gasteiger partial charge in [0.05, 0.1) is 12.7 Å². The van der Waals surface area contributed by atoms with Crippen LogP contribution in [0, 0.1) is 0 Å². The summed E-state index contributed by atoms with van der Waals surface area (Å²) in [5.41, 5.74) is 0.913. The maximum absolute atomic E-state index is 9.73. The van der Waals surface area contributed by atoms with Crippen LogP contribution in [0.3, 0.4) is 0 Å². The lowest BCUT2D eigenvalue weighted by Gasteiger charge is -2.25. The van der Waals surface area contributed by atoms with Crippen molar-refractivity contribution in [2.45, 2.75) is 31.8 Å². The molecule has 1 unspecified atom stereocenters. The van der Waals surface area contributed by atoms with Gasteiger partial charge in [-0.05, 0) is 18.6 Å². The molecule has 0 aliphatic carbocycles. The third kappa shape index (κ3) is 3.74. The molecule has 4 N–H and O–H groups in total. The molecule has 0 radical (unpaired) electrons. The van der Waals surface area contributed by atoms with Crippen molar-refractivity contribution in [2.75, 3.05) is 13.2 Å². The molecule has 1 heterocycles. The number of H-pyrrole nitrogens is 1. The zero-order valence-electron chi connectivity index (χ0n) is 11.9. The third-order valence-electron chi connectivity index (χ3n) is 3.31. The van der Waals surface area contributed by atoms with Gasteiger partial charge in [-0.2, -0.15) is 0 Å². The predicted octanol–water partition coefficient (Wildman–Crippen LogP) is 1.01. The van der Waals surface area contributed by atoms with Gasteiger partial charge < -0.3 is 29.8 Å². The maximum Gasteiger partial charge on any atom is 0.223 e. The van der Waals surface area contributed by atoms with Gasteiger partial charge >= 0.3 is 0 Å². The van der Waals surface area contributed by atoms with Crippen LogP contribution in [0.25, 0.3) is 10.9 Å². The van der Waals surface area contributed by atoms with E-state index in [-0.39, 0.29) is 13.2 Å². The van der Waals surface area contributed by atoms with Crippen molar-refractivity contribution >= 4 is 10.9 Å². The highest BCUT2D eigenvalue weighted by atomic mass is 16.7. The van der Waals surface area contributed by atoms with Gasteiger partial charge in [-0.25, -0.2) is 0 Å². The number of hydrogen-bond donors (Lipinski definition) is 4. The molecule has 6 nitrogen and oxygen atoms in total. The molecule has 6 heteroatoms. The second-order valence-electron chi connectivity index (χ2n) is 4.76. The highest BCUT2D eigenvalue weighted by Crippen LogP contribution is 2.26. The summed E-state index contributed by atoms with van der Waals surface area (Å²) >= 11 is 0. The lowest BCUT2D eigenvalue weighted by Crippen LogP contribution is -2.39. The Labute approximate surface area is 122 Å². The topological polar surface area (TPSA) is 94.9 Å². The minimum atomic E-state index is -0.956. The van der Waals surface area contributed by atoms with Crippen LogP contribution >= 0.6 is 0 Å². The van der Waals surface area contributed by atoms with Crippen LogP contribution in [0.2, 0.25) is 0 Å². The van der Waals surface area contributed by atoms with Crippen molar-refractivity contribution in [3.05, 3.63) is 30.5 Å². The first-order valence-corrected chi connectivity index (χ1v) is 6.97. The molecule has 0 aliphatic rings. The minimum Gasteiger partial charge on any atom is -0.460 e. The van der Waals surface area contributed by atoms with Crippen LogP contribution in [0.1, 0.15) is 13.3 Å². The summed E-state index contributed by atoms with van der Waals surface area (Å²) in [4.78, 5) is 3.06. The lowest BCUT2D eigenvalue weighted by atomic mass is 10.1. The molecule has 1 aromatic heterocycles.